The molecule has 94 valence electrons. The van der Waals surface area contributed by atoms with Gasteiger partial charge in [0.25, 0.3) is 0 Å². The van der Waals surface area contributed by atoms with Gasteiger partial charge in [0.15, 0.2) is 0 Å². The van der Waals surface area contributed by atoms with Crippen LogP contribution in [0.25, 0.3) is 0 Å². The van der Waals surface area contributed by atoms with E-state index in [0.29, 0.717) is 6.54 Å². The van der Waals surface area contributed by atoms with Crippen LogP contribution in [0, 0.1) is 16.0 Å². The van der Waals surface area contributed by atoms with Gasteiger partial charge in [0.05, 0.1) is 11.1 Å². The summed E-state index contributed by atoms with van der Waals surface area (Å²) in [7, 11) is 0. The van der Waals surface area contributed by atoms with Crippen LogP contribution in [0.1, 0.15) is 26.7 Å². The van der Waals surface area contributed by atoms with E-state index in [1.165, 1.54) is 4.57 Å². The molecule has 0 aliphatic rings. The van der Waals surface area contributed by atoms with Crippen LogP contribution in [-0.4, -0.2) is 14.5 Å². The summed E-state index contributed by atoms with van der Waals surface area (Å²) in [6.45, 7) is 4.34. The molecule has 7 heteroatoms. The molecule has 0 aliphatic heterocycles. The summed E-state index contributed by atoms with van der Waals surface area (Å²) in [5.41, 5.74) is -2.17. The number of nitro groups is 1. The van der Waals surface area contributed by atoms with Gasteiger partial charge in [-0.05, 0) is 12.3 Å². The number of aromatic nitrogens is 2. The Morgan fingerprint density at radius 3 is 2.71 bits per heavy atom. The molecule has 0 saturated heterocycles. The maximum Gasteiger partial charge on any atom is 0.350 e. The van der Waals surface area contributed by atoms with E-state index in [4.69, 9.17) is 0 Å². The second-order valence-electron chi connectivity index (χ2n) is 4.08. The maximum absolute atomic E-state index is 11.4. The van der Waals surface area contributed by atoms with Crippen LogP contribution in [0.5, 0.6) is 0 Å². The highest BCUT2D eigenvalue weighted by molar-refractivity contribution is 5.20. The molecule has 1 aromatic heterocycles. The average molecular weight is 241 g/mol. The summed E-state index contributed by atoms with van der Waals surface area (Å²) >= 11 is 0. The molecule has 0 spiro atoms. The van der Waals surface area contributed by atoms with E-state index >= 15 is 0 Å². The molecule has 1 aromatic rings. The Morgan fingerprint density at radius 1 is 1.53 bits per heavy atom. The van der Waals surface area contributed by atoms with Gasteiger partial charge >= 0.3 is 16.9 Å². The standard InChI is InChI=1S/C10H15N3O4/c1-3-4-7(2)5-12-6-8(13(16)17)9(14)11-10(12)15/h6-7H,3-5H2,1-2H3,(H,11,14,15). The molecule has 1 heterocycles. The van der Waals surface area contributed by atoms with Gasteiger partial charge < -0.3 is 0 Å². The number of H-pyrrole nitrogens is 1. The van der Waals surface area contributed by atoms with Crippen molar-refractivity contribution in [1.82, 2.24) is 9.55 Å². The van der Waals surface area contributed by atoms with Crippen LogP contribution in [-0.2, 0) is 6.54 Å². The molecule has 0 radical (unpaired) electrons. The summed E-state index contributed by atoms with van der Waals surface area (Å²) in [5.74, 6) is 0.225. The van der Waals surface area contributed by atoms with Gasteiger partial charge in [-0.15, -0.1) is 0 Å². The maximum atomic E-state index is 11.4. The summed E-state index contributed by atoms with van der Waals surface area (Å²) in [6.07, 6.45) is 2.90. The van der Waals surface area contributed by atoms with Crippen molar-refractivity contribution in [3.63, 3.8) is 0 Å². The van der Waals surface area contributed by atoms with Gasteiger partial charge in [-0.3, -0.25) is 24.5 Å². The highest BCUT2D eigenvalue weighted by Gasteiger charge is 2.15. The first-order valence-corrected chi connectivity index (χ1v) is 5.43. The number of hydrogen-bond donors (Lipinski definition) is 1. The van der Waals surface area contributed by atoms with E-state index in [9.17, 15) is 19.7 Å². The molecule has 0 bridgehead atoms. The number of rotatable bonds is 5. The van der Waals surface area contributed by atoms with E-state index in [1.54, 1.807) is 0 Å². The Kier molecular flexibility index (Phi) is 4.19. The van der Waals surface area contributed by atoms with Crippen LogP contribution < -0.4 is 11.2 Å². The van der Waals surface area contributed by atoms with E-state index in [1.807, 2.05) is 18.8 Å². The molecule has 0 fully saturated rings. The fraction of sp³-hybridized carbons (Fsp3) is 0.600. The lowest BCUT2D eigenvalue weighted by atomic mass is 10.1. The van der Waals surface area contributed by atoms with Gasteiger partial charge in [0, 0.05) is 6.54 Å². The quantitative estimate of drug-likeness (QED) is 0.611. The van der Waals surface area contributed by atoms with Gasteiger partial charge in [-0.2, -0.15) is 0 Å². The molecule has 0 amide bonds. The minimum Gasteiger partial charge on any atom is -0.293 e. The Hall–Kier alpha value is -1.92. The lowest BCUT2D eigenvalue weighted by Crippen LogP contribution is -2.32. The molecule has 1 rings (SSSR count). The monoisotopic (exact) mass is 241 g/mol. The van der Waals surface area contributed by atoms with Crippen LogP contribution in [0.3, 0.4) is 0 Å². The van der Waals surface area contributed by atoms with Gasteiger partial charge in [0.1, 0.15) is 0 Å². The normalized spacial score (nSPS) is 12.4. The van der Waals surface area contributed by atoms with Crippen molar-refractivity contribution >= 4 is 5.69 Å². The summed E-state index contributed by atoms with van der Waals surface area (Å²) in [6, 6.07) is 0. The lowest BCUT2D eigenvalue weighted by Gasteiger charge is -2.11. The number of hydrogen-bond acceptors (Lipinski definition) is 4. The largest absolute Gasteiger partial charge is 0.350 e. The lowest BCUT2D eigenvalue weighted by molar-refractivity contribution is -0.386. The van der Waals surface area contributed by atoms with Gasteiger partial charge in [0.2, 0.25) is 0 Å². The Morgan fingerprint density at radius 2 is 2.18 bits per heavy atom. The van der Waals surface area contributed by atoms with Crippen LogP contribution in [0.4, 0.5) is 5.69 Å². The van der Waals surface area contributed by atoms with Crippen molar-refractivity contribution in [2.45, 2.75) is 33.2 Å². The zero-order valence-corrected chi connectivity index (χ0v) is 9.80. The summed E-state index contributed by atoms with van der Waals surface area (Å²) in [4.78, 5) is 34.3. The van der Waals surface area contributed by atoms with Crippen LogP contribution in [0.15, 0.2) is 15.8 Å². The molecular formula is C10H15N3O4. The van der Waals surface area contributed by atoms with Crippen molar-refractivity contribution in [2.24, 2.45) is 5.92 Å². The van der Waals surface area contributed by atoms with Crippen molar-refractivity contribution in [3.8, 4) is 0 Å². The molecule has 1 N–H and O–H groups in total. The molecule has 1 atom stereocenters. The first kappa shape index (κ1) is 13.1. The first-order chi connectivity index (χ1) is 7.95. The third-order valence-corrected chi connectivity index (χ3v) is 2.48. The third-order valence-electron chi connectivity index (χ3n) is 2.48. The fourth-order valence-electron chi connectivity index (χ4n) is 1.68. The molecule has 0 aliphatic carbocycles. The zero-order valence-electron chi connectivity index (χ0n) is 9.80. The molecular weight excluding hydrogens is 226 g/mol. The molecule has 0 saturated carbocycles. The van der Waals surface area contributed by atoms with Crippen molar-refractivity contribution in [3.05, 3.63) is 37.1 Å². The van der Waals surface area contributed by atoms with E-state index in [2.05, 4.69) is 0 Å². The Bertz CT molecular complexity index is 517. The van der Waals surface area contributed by atoms with E-state index in [-0.39, 0.29) is 5.92 Å². The summed E-state index contributed by atoms with van der Waals surface area (Å²) < 4.78 is 1.18. The second kappa shape index (κ2) is 5.42. The molecule has 17 heavy (non-hydrogen) atoms. The van der Waals surface area contributed by atoms with Crippen LogP contribution >= 0.6 is 0 Å². The predicted molar refractivity (Wildman–Crippen MR) is 62.0 cm³/mol. The first-order valence-electron chi connectivity index (χ1n) is 5.43. The Balaban J connectivity index is 3.08. The summed E-state index contributed by atoms with van der Waals surface area (Å²) in [5, 5.41) is 10.6. The average Bonchev–Trinajstić information content (AvgIpc) is 2.21. The predicted octanol–water partition coefficient (Wildman–Crippen LogP) is 0.881. The topological polar surface area (TPSA) is 98.0 Å². The smallest absolute Gasteiger partial charge is 0.293 e. The fourth-order valence-corrected chi connectivity index (χ4v) is 1.68. The molecule has 7 nitrogen and oxygen atoms in total. The highest BCUT2D eigenvalue weighted by atomic mass is 16.6. The van der Waals surface area contributed by atoms with E-state index in [0.717, 1.165) is 19.0 Å². The van der Waals surface area contributed by atoms with Crippen molar-refractivity contribution < 1.29 is 4.92 Å². The van der Waals surface area contributed by atoms with Crippen molar-refractivity contribution in [2.75, 3.05) is 0 Å². The minimum atomic E-state index is -0.959. The number of aromatic amines is 1. The molecule has 1 unspecified atom stereocenters. The van der Waals surface area contributed by atoms with Gasteiger partial charge in [-0.1, -0.05) is 20.3 Å². The molecule has 0 aromatic carbocycles. The highest BCUT2D eigenvalue weighted by Crippen LogP contribution is 2.08. The minimum absolute atomic E-state index is 0.225. The van der Waals surface area contributed by atoms with Crippen LogP contribution in [0.2, 0.25) is 0 Å². The Labute approximate surface area is 97.2 Å². The second-order valence-corrected chi connectivity index (χ2v) is 4.08. The van der Waals surface area contributed by atoms with Crippen molar-refractivity contribution in [1.29, 1.82) is 0 Å². The SMILES string of the molecule is CCCC(C)Cn1cc([N+](=O)[O-])c(=O)[nH]c1=O. The zero-order chi connectivity index (χ0) is 13.0. The number of nitrogens with zero attached hydrogens (tertiary/aromatic N) is 2. The number of nitrogens with one attached hydrogen (secondary N) is 1. The van der Waals surface area contributed by atoms with Gasteiger partial charge in [-0.25, -0.2) is 4.79 Å². The van der Waals surface area contributed by atoms with E-state index < -0.39 is 21.9 Å². The third kappa shape index (κ3) is 3.27.